The van der Waals surface area contributed by atoms with Crippen LogP contribution in [0.4, 0.5) is 5.82 Å². The predicted molar refractivity (Wildman–Crippen MR) is 63.5 cm³/mol. The van der Waals surface area contributed by atoms with Gasteiger partial charge in [-0.3, -0.25) is 4.79 Å². The van der Waals surface area contributed by atoms with Gasteiger partial charge in [-0.25, -0.2) is 9.97 Å². The van der Waals surface area contributed by atoms with Crippen LogP contribution in [0.2, 0.25) is 0 Å². The highest BCUT2D eigenvalue weighted by atomic mass is 16.2. The van der Waals surface area contributed by atoms with Gasteiger partial charge in [0.1, 0.15) is 17.8 Å². The molecule has 1 amide bonds. The van der Waals surface area contributed by atoms with E-state index in [0.29, 0.717) is 5.82 Å². The summed E-state index contributed by atoms with van der Waals surface area (Å²) in [6, 6.07) is 1.86. The zero-order chi connectivity index (χ0) is 11.7. The first-order valence-electron chi connectivity index (χ1n) is 5.64. The van der Waals surface area contributed by atoms with E-state index in [1.807, 2.05) is 6.07 Å². The lowest BCUT2D eigenvalue weighted by Crippen LogP contribution is -2.25. The molecule has 1 unspecified atom stereocenters. The molecule has 6 nitrogen and oxygen atoms in total. The molecule has 0 aromatic carbocycles. The number of anilines is 1. The van der Waals surface area contributed by atoms with Crippen molar-refractivity contribution >= 4 is 22.8 Å². The summed E-state index contributed by atoms with van der Waals surface area (Å²) >= 11 is 0. The van der Waals surface area contributed by atoms with Crippen molar-refractivity contribution in [2.24, 2.45) is 5.92 Å². The van der Waals surface area contributed by atoms with Crippen LogP contribution in [-0.4, -0.2) is 33.9 Å². The number of fused-ring (bicyclic) bond motifs is 1. The molecule has 0 saturated carbocycles. The summed E-state index contributed by atoms with van der Waals surface area (Å²) in [4.78, 5) is 23.1. The molecule has 3 N–H and O–H groups in total. The highest BCUT2D eigenvalue weighted by Crippen LogP contribution is 2.19. The second-order valence-electron chi connectivity index (χ2n) is 4.14. The lowest BCUT2D eigenvalue weighted by atomic mass is 10.1. The molecule has 1 fully saturated rings. The van der Waals surface area contributed by atoms with E-state index in [1.165, 1.54) is 6.33 Å². The fraction of sp³-hybridized carbons (Fsp3) is 0.364. The average molecular weight is 231 g/mol. The molecule has 1 aliphatic heterocycles. The SMILES string of the molecule is O=C(Nc1ncnc2[nH]ccc12)C1CCNC1. The Morgan fingerprint density at radius 1 is 1.47 bits per heavy atom. The lowest BCUT2D eigenvalue weighted by Gasteiger charge is -2.09. The van der Waals surface area contributed by atoms with Crippen LogP contribution in [0.15, 0.2) is 18.6 Å². The maximum atomic E-state index is 12.0. The first-order valence-corrected chi connectivity index (χ1v) is 5.64. The summed E-state index contributed by atoms with van der Waals surface area (Å²) in [5, 5.41) is 6.87. The Bertz CT molecular complexity index is 544. The zero-order valence-electron chi connectivity index (χ0n) is 9.23. The Morgan fingerprint density at radius 2 is 2.41 bits per heavy atom. The van der Waals surface area contributed by atoms with Gasteiger partial charge in [0.2, 0.25) is 5.91 Å². The quantitative estimate of drug-likeness (QED) is 0.703. The van der Waals surface area contributed by atoms with E-state index >= 15 is 0 Å². The Hall–Kier alpha value is -1.95. The summed E-state index contributed by atoms with van der Waals surface area (Å²) in [7, 11) is 0. The minimum atomic E-state index is 0.0243. The lowest BCUT2D eigenvalue weighted by molar-refractivity contribution is -0.119. The van der Waals surface area contributed by atoms with Crippen LogP contribution in [0.25, 0.3) is 11.0 Å². The minimum absolute atomic E-state index is 0.0243. The number of aromatic amines is 1. The Kier molecular flexibility index (Phi) is 2.49. The number of H-pyrrole nitrogens is 1. The van der Waals surface area contributed by atoms with Gasteiger partial charge in [0.05, 0.1) is 11.3 Å². The van der Waals surface area contributed by atoms with Gasteiger partial charge in [-0.15, -0.1) is 0 Å². The summed E-state index contributed by atoms with van der Waals surface area (Å²) in [6.07, 6.45) is 4.11. The first-order chi connectivity index (χ1) is 8.34. The smallest absolute Gasteiger partial charge is 0.229 e. The van der Waals surface area contributed by atoms with Crippen LogP contribution < -0.4 is 10.6 Å². The molecule has 2 aromatic rings. The standard InChI is InChI=1S/C11H13N5O/c17-11(7-1-3-12-5-7)16-10-8-2-4-13-9(8)14-6-15-10/h2,4,6-7,12H,1,3,5H2,(H2,13,14,15,16,17). The van der Waals surface area contributed by atoms with E-state index in [9.17, 15) is 4.79 Å². The van der Waals surface area contributed by atoms with E-state index in [0.717, 1.165) is 30.5 Å². The van der Waals surface area contributed by atoms with Crippen LogP contribution in [0.1, 0.15) is 6.42 Å². The second-order valence-corrected chi connectivity index (χ2v) is 4.14. The van der Waals surface area contributed by atoms with E-state index < -0.39 is 0 Å². The minimum Gasteiger partial charge on any atom is -0.346 e. The van der Waals surface area contributed by atoms with Crippen molar-refractivity contribution in [2.75, 3.05) is 18.4 Å². The van der Waals surface area contributed by atoms with Gasteiger partial charge < -0.3 is 15.6 Å². The van der Waals surface area contributed by atoms with E-state index in [4.69, 9.17) is 0 Å². The monoisotopic (exact) mass is 231 g/mol. The molecule has 3 heterocycles. The molecule has 0 aliphatic carbocycles. The molecule has 2 aromatic heterocycles. The van der Waals surface area contributed by atoms with E-state index in [-0.39, 0.29) is 11.8 Å². The van der Waals surface area contributed by atoms with Crippen molar-refractivity contribution in [3.63, 3.8) is 0 Å². The number of nitrogens with one attached hydrogen (secondary N) is 3. The van der Waals surface area contributed by atoms with Crippen molar-refractivity contribution in [3.8, 4) is 0 Å². The summed E-state index contributed by atoms with van der Waals surface area (Å²) < 4.78 is 0. The maximum Gasteiger partial charge on any atom is 0.229 e. The molecule has 0 radical (unpaired) electrons. The number of aromatic nitrogens is 3. The molecule has 1 saturated heterocycles. The summed E-state index contributed by atoms with van der Waals surface area (Å²) in [6.45, 7) is 1.65. The number of amides is 1. The molecule has 6 heteroatoms. The summed E-state index contributed by atoms with van der Waals surface area (Å²) in [5.41, 5.74) is 0.736. The molecule has 17 heavy (non-hydrogen) atoms. The first kappa shape index (κ1) is 10.2. The van der Waals surface area contributed by atoms with Gasteiger partial charge in [-0.05, 0) is 19.0 Å². The number of carbonyl (C=O) groups is 1. The van der Waals surface area contributed by atoms with Gasteiger partial charge in [0.15, 0.2) is 0 Å². The van der Waals surface area contributed by atoms with Crippen LogP contribution in [-0.2, 0) is 4.79 Å². The topological polar surface area (TPSA) is 82.7 Å². The highest BCUT2D eigenvalue weighted by molar-refractivity contribution is 5.99. The van der Waals surface area contributed by atoms with Gasteiger partial charge >= 0.3 is 0 Å². The van der Waals surface area contributed by atoms with Gasteiger partial charge in [-0.2, -0.15) is 0 Å². The normalized spacial score (nSPS) is 19.6. The number of carbonyl (C=O) groups excluding carboxylic acids is 1. The largest absolute Gasteiger partial charge is 0.346 e. The van der Waals surface area contributed by atoms with E-state index in [2.05, 4.69) is 25.6 Å². The zero-order valence-corrected chi connectivity index (χ0v) is 9.23. The Labute approximate surface area is 97.8 Å². The maximum absolute atomic E-state index is 12.0. The number of hydrogen-bond acceptors (Lipinski definition) is 4. The molecular formula is C11H13N5O. The highest BCUT2D eigenvalue weighted by Gasteiger charge is 2.23. The molecule has 1 aliphatic rings. The van der Waals surface area contributed by atoms with Gasteiger partial charge in [0.25, 0.3) is 0 Å². The van der Waals surface area contributed by atoms with Gasteiger partial charge in [0, 0.05) is 12.7 Å². The molecule has 0 bridgehead atoms. The number of rotatable bonds is 2. The third-order valence-corrected chi connectivity index (χ3v) is 3.03. The van der Waals surface area contributed by atoms with Crippen LogP contribution in [0.3, 0.4) is 0 Å². The second kappa shape index (κ2) is 4.14. The third kappa shape index (κ3) is 1.87. The van der Waals surface area contributed by atoms with Crippen molar-refractivity contribution in [3.05, 3.63) is 18.6 Å². The Morgan fingerprint density at radius 3 is 3.24 bits per heavy atom. The van der Waals surface area contributed by atoms with Crippen molar-refractivity contribution < 1.29 is 4.79 Å². The molecule has 88 valence electrons. The third-order valence-electron chi connectivity index (χ3n) is 3.03. The molecule has 1 atom stereocenters. The molecular weight excluding hydrogens is 218 g/mol. The Balaban J connectivity index is 1.84. The van der Waals surface area contributed by atoms with Crippen LogP contribution in [0, 0.1) is 5.92 Å². The van der Waals surface area contributed by atoms with Crippen molar-refractivity contribution in [2.45, 2.75) is 6.42 Å². The molecule has 3 rings (SSSR count). The van der Waals surface area contributed by atoms with E-state index in [1.54, 1.807) is 6.20 Å². The fourth-order valence-electron chi connectivity index (χ4n) is 2.07. The average Bonchev–Trinajstić information content (AvgIpc) is 3.00. The van der Waals surface area contributed by atoms with Gasteiger partial charge in [-0.1, -0.05) is 0 Å². The summed E-state index contributed by atoms with van der Waals surface area (Å²) in [5.74, 6) is 0.642. The van der Waals surface area contributed by atoms with Crippen molar-refractivity contribution in [1.82, 2.24) is 20.3 Å². The number of hydrogen-bond donors (Lipinski definition) is 3. The van der Waals surface area contributed by atoms with Crippen LogP contribution >= 0.6 is 0 Å². The predicted octanol–water partition coefficient (Wildman–Crippen LogP) is 0.506. The fourth-order valence-corrected chi connectivity index (χ4v) is 2.07. The number of nitrogens with zero attached hydrogens (tertiary/aromatic N) is 2. The van der Waals surface area contributed by atoms with Crippen molar-refractivity contribution in [1.29, 1.82) is 0 Å². The molecule has 0 spiro atoms. The van der Waals surface area contributed by atoms with Crippen LogP contribution in [0.5, 0.6) is 0 Å².